The standard InChI is InChI=1S/C61H41NO/c1-4-16-42(17-5-1)44-32-38-49(39-33-44)62(50-40-34-45(35-41-50)43-18-6-2-7-19-43)57-28-15-25-54-52-22-10-12-27-56(52)61(59(54)57,47-20-8-3-9-21-47)48-36-30-46(31-37-48)51-24-14-26-55-53-23-11-13-29-58(53)63-60(51)55/h1-41H. The van der Waals surface area contributed by atoms with Gasteiger partial charge in [-0.05, 0) is 92.0 Å². The molecule has 0 N–H and O–H groups in total. The van der Waals surface area contributed by atoms with Gasteiger partial charge in [0.05, 0.1) is 11.1 Å². The summed E-state index contributed by atoms with van der Waals surface area (Å²) in [6, 6.07) is 90.3. The van der Waals surface area contributed by atoms with E-state index in [1.54, 1.807) is 0 Å². The molecule has 296 valence electrons. The molecule has 2 heteroatoms. The minimum atomic E-state index is -0.653. The molecule has 11 aromatic rings. The van der Waals surface area contributed by atoms with Crippen LogP contribution in [0.1, 0.15) is 22.3 Å². The SMILES string of the molecule is c1ccc(-c2ccc(N(c3ccc(-c4ccccc4)cc3)c3cccc4c3C(c3ccccc3)(c3ccc(-c5cccc6c5oc5ccccc56)cc3)c3ccccc3-4)cc2)cc1. The maximum absolute atomic E-state index is 6.54. The molecule has 2 nitrogen and oxygen atoms in total. The highest BCUT2D eigenvalue weighted by Crippen LogP contribution is 2.60. The van der Waals surface area contributed by atoms with E-state index in [2.05, 4.69) is 248 Å². The highest BCUT2D eigenvalue weighted by atomic mass is 16.3. The Morgan fingerprint density at radius 2 is 0.794 bits per heavy atom. The largest absolute Gasteiger partial charge is 0.455 e. The van der Waals surface area contributed by atoms with E-state index in [0.717, 1.165) is 50.1 Å². The van der Waals surface area contributed by atoms with Crippen LogP contribution < -0.4 is 4.90 Å². The molecule has 0 saturated heterocycles. The van der Waals surface area contributed by atoms with Crippen molar-refractivity contribution in [3.63, 3.8) is 0 Å². The van der Waals surface area contributed by atoms with E-state index in [1.807, 2.05) is 6.07 Å². The lowest BCUT2D eigenvalue weighted by atomic mass is 9.67. The zero-order valence-corrected chi connectivity index (χ0v) is 34.5. The molecule has 0 saturated carbocycles. The molecule has 0 bridgehead atoms. The third-order valence-electron chi connectivity index (χ3n) is 13.0. The molecule has 0 radical (unpaired) electrons. The third-order valence-corrected chi connectivity index (χ3v) is 13.0. The maximum Gasteiger partial charge on any atom is 0.143 e. The summed E-state index contributed by atoms with van der Waals surface area (Å²) in [4.78, 5) is 2.46. The van der Waals surface area contributed by atoms with Crippen LogP contribution in [-0.2, 0) is 5.41 Å². The molecule has 1 unspecified atom stereocenters. The number of hydrogen-bond donors (Lipinski definition) is 0. The van der Waals surface area contributed by atoms with Crippen molar-refractivity contribution in [1.82, 2.24) is 0 Å². The van der Waals surface area contributed by atoms with Gasteiger partial charge >= 0.3 is 0 Å². The molecule has 0 spiro atoms. The van der Waals surface area contributed by atoms with Crippen molar-refractivity contribution >= 4 is 39.0 Å². The molecule has 1 aromatic heterocycles. The van der Waals surface area contributed by atoms with Crippen LogP contribution in [0.5, 0.6) is 0 Å². The van der Waals surface area contributed by atoms with Gasteiger partial charge in [-0.3, -0.25) is 0 Å². The number of rotatable bonds is 8. The number of furan rings is 1. The summed E-state index contributed by atoms with van der Waals surface area (Å²) in [6.45, 7) is 0. The van der Waals surface area contributed by atoms with Crippen LogP contribution in [-0.4, -0.2) is 0 Å². The molecule has 1 heterocycles. The fourth-order valence-electron chi connectivity index (χ4n) is 10.1. The van der Waals surface area contributed by atoms with Crippen LogP contribution >= 0.6 is 0 Å². The molecule has 0 aliphatic heterocycles. The fourth-order valence-corrected chi connectivity index (χ4v) is 10.1. The predicted molar refractivity (Wildman–Crippen MR) is 262 cm³/mol. The van der Waals surface area contributed by atoms with Crippen LogP contribution in [0.2, 0.25) is 0 Å². The van der Waals surface area contributed by atoms with Gasteiger partial charge in [-0.1, -0.05) is 212 Å². The highest BCUT2D eigenvalue weighted by Gasteiger charge is 2.48. The average Bonchev–Trinajstić information content (AvgIpc) is 3.90. The van der Waals surface area contributed by atoms with Crippen molar-refractivity contribution < 1.29 is 4.42 Å². The number of para-hydroxylation sites is 2. The third kappa shape index (κ3) is 5.95. The van der Waals surface area contributed by atoms with E-state index >= 15 is 0 Å². The number of benzene rings is 10. The minimum absolute atomic E-state index is 0.653. The van der Waals surface area contributed by atoms with E-state index in [1.165, 1.54) is 55.6 Å². The molecular formula is C61H41NO. The van der Waals surface area contributed by atoms with Crippen LogP contribution in [0.25, 0.3) is 66.4 Å². The highest BCUT2D eigenvalue weighted by molar-refractivity contribution is 6.09. The van der Waals surface area contributed by atoms with Crippen molar-refractivity contribution in [2.45, 2.75) is 5.41 Å². The molecule has 10 aromatic carbocycles. The van der Waals surface area contributed by atoms with Crippen LogP contribution in [0.15, 0.2) is 253 Å². The zero-order valence-electron chi connectivity index (χ0n) is 34.5. The second-order valence-corrected chi connectivity index (χ2v) is 16.4. The van der Waals surface area contributed by atoms with Gasteiger partial charge in [0.1, 0.15) is 11.2 Å². The molecule has 12 rings (SSSR count). The molecule has 0 fully saturated rings. The first kappa shape index (κ1) is 36.6. The molecular weight excluding hydrogens is 763 g/mol. The first-order chi connectivity index (χ1) is 31.3. The van der Waals surface area contributed by atoms with Crippen LogP contribution in [0.3, 0.4) is 0 Å². The summed E-state index contributed by atoms with van der Waals surface area (Å²) in [7, 11) is 0. The lowest BCUT2D eigenvalue weighted by Gasteiger charge is -2.38. The Morgan fingerprint density at radius 1 is 0.317 bits per heavy atom. The Labute approximate surface area is 367 Å². The Kier molecular flexibility index (Phi) is 8.76. The molecule has 63 heavy (non-hydrogen) atoms. The van der Waals surface area contributed by atoms with Crippen molar-refractivity contribution in [2.24, 2.45) is 0 Å². The summed E-state index contributed by atoms with van der Waals surface area (Å²) in [5.74, 6) is 0. The van der Waals surface area contributed by atoms with Crippen molar-refractivity contribution in [3.8, 4) is 44.5 Å². The van der Waals surface area contributed by atoms with Gasteiger partial charge in [0.25, 0.3) is 0 Å². The van der Waals surface area contributed by atoms with E-state index in [-0.39, 0.29) is 0 Å². The number of fused-ring (bicyclic) bond motifs is 6. The topological polar surface area (TPSA) is 16.4 Å². The predicted octanol–water partition coefficient (Wildman–Crippen LogP) is 16.4. The number of hydrogen-bond acceptors (Lipinski definition) is 2. The number of anilines is 3. The smallest absolute Gasteiger partial charge is 0.143 e. The Balaban J connectivity index is 1.09. The summed E-state index contributed by atoms with van der Waals surface area (Å²) in [6.07, 6.45) is 0. The Hall–Kier alpha value is -8.20. The molecule has 1 atom stereocenters. The quantitative estimate of drug-likeness (QED) is 0.152. The summed E-state index contributed by atoms with van der Waals surface area (Å²) < 4.78 is 6.54. The van der Waals surface area contributed by atoms with Gasteiger partial charge in [0.2, 0.25) is 0 Å². The van der Waals surface area contributed by atoms with E-state index in [0.29, 0.717) is 0 Å². The first-order valence-electron chi connectivity index (χ1n) is 21.7. The lowest BCUT2D eigenvalue weighted by molar-refractivity contribution is 0.670. The van der Waals surface area contributed by atoms with Gasteiger partial charge in [0.15, 0.2) is 0 Å². The minimum Gasteiger partial charge on any atom is -0.455 e. The second-order valence-electron chi connectivity index (χ2n) is 16.4. The summed E-state index contributed by atoms with van der Waals surface area (Å²) >= 11 is 0. The fraction of sp³-hybridized carbons (Fsp3) is 0.0164. The first-order valence-corrected chi connectivity index (χ1v) is 21.7. The zero-order chi connectivity index (χ0) is 41.7. The van der Waals surface area contributed by atoms with Crippen molar-refractivity contribution in [1.29, 1.82) is 0 Å². The molecule has 0 amide bonds. The second kappa shape index (κ2) is 15.1. The van der Waals surface area contributed by atoms with E-state index in [4.69, 9.17) is 4.42 Å². The van der Waals surface area contributed by atoms with Crippen LogP contribution in [0, 0.1) is 0 Å². The summed E-state index contributed by atoms with van der Waals surface area (Å²) in [5, 5.41) is 2.26. The van der Waals surface area contributed by atoms with Gasteiger partial charge < -0.3 is 9.32 Å². The van der Waals surface area contributed by atoms with E-state index < -0.39 is 5.41 Å². The van der Waals surface area contributed by atoms with Crippen molar-refractivity contribution in [3.05, 3.63) is 271 Å². The van der Waals surface area contributed by atoms with Crippen molar-refractivity contribution in [2.75, 3.05) is 4.90 Å². The normalized spacial score (nSPS) is 14.1. The Morgan fingerprint density at radius 3 is 1.46 bits per heavy atom. The molecule has 1 aliphatic carbocycles. The van der Waals surface area contributed by atoms with Gasteiger partial charge in [-0.25, -0.2) is 0 Å². The van der Waals surface area contributed by atoms with Crippen LogP contribution in [0.4, 0.5) is 17.1 Å². The average molecular weight is 804 g/mol. The number of nitrogens with zero attached hydrogens (tertiary/aromatic N) is 1. The van der Waals surface area contributed by atoms with E-state index in [9.17, 15) is 0 Å². The maximum atomic E-state index is 6.54. The van der Waals surface area contributed by atoms with Gasteiger partial charge in [-0.15, -0.1) is 0 Å². The monoisotopic (exact) mass is 803 g/mol. The lowest BCUT2D eigenvalue weighted by Crippen LogP contribution is -2.30. The summed E-state index contributed by atoms with van der Waals surface area (Å²) in [5.41, 5.74) is 18.8. The van der Waals surface area contributed by atoms with Gasteiger partial charge in [0, 0.05) is 33.3 Å². The Bertz CT molecular complexity index is 3330. The molecule has 1 aliphatic rings. The van der Waals surface area contributed by atoms with Gasteiger partial charge in [-0.2, -0.15) is 0 Å².